The Morgan fingerprint density at radius 1 is 1.53 bits per heavy atom. The second-order valence-corrected chi connectivity index (χ2v) is 5.72. The second-order valence-electron chi connectivity index (χ2n) is 5.72. The first kappa shape index (κ1) is 14.0. The van der Waals surface area contributed by atoms with Crippen molar-refractivity contribution in [3.8, 4) is 0 Å². The molecule has 0 saturated heterocycles. The lowest BCUT2D eigenvalue weighted by Gasteiger charge is -2.13. The third-order valence-corrected chi connectivity index (χ3v) is 2.86. The van der Waals surface area contributed by atoms with Gasteiger partial charge in [-0.3, -0.25) is 9.69 Å². The molecular weight excluding hydrogens is 244 g/mol. The van der Waals surface area contributed by atoms with E-state index in [2.05, 4.69) is 29.3 Å². The van der Waals surface area contributed by atoms with Crippen molar-refractivity contribution in [3.05, 3.63) is 11.7 Å². The summed E-state index contributed by atoms with van der Waals surface area (Å²) in [6, 6.07) is 0.405. The lowest BCUT2D eigenvalue weighted by Crippen LogP contribution is -2.36. The summed E-state index contributed by atoms with van der Waals surface area (Å²) in [4.78, 5) is 17.8. The first-order valence-corrected chi connectivity index (χ1v) is 6.82. The summed E-state index contributed by atoms with van der Waals surface area (Å²) in [7, 11) is 1.87. The SMILES string of the molecule is CC(C)Cc1noc(CN(C)CC(=O)NC2CC2)n1. The van der Waals surface area contributed by atoms with Gasteiger partial charge in [-0.2, -0.15) is 4.98 Å². The van der Waals surface area contributed by atoms with E-state index in [0.717, 1.165) is 25.1 Å². The molecule has 2 rings (SSSR count). The number of likely N-dealkylation sites (N-methyl/N-ethyl adjacent to an activating group) is 1. The molecule has 1 aromatic heterocycles. The average molecular weight is 266 g/mol. The zero-order chi connectivity index (χ0) is 13.8. The number of carbonyl (C=O) groups is 1. The Kier molecular flexibility index (Phi) is 4.52. The van der Waals surface area contributed by atoms with Crippen LogP contribution in [0, 0.1) is 5.92 Å². The van der Waals surface area contributed by atoms with E-state index in [4.69, 9.17) is 4.52 Å². The van der Waals surface area contributed by atoms with Crippen molar-refractivity contribution >= 4 is 5.91 Å². The number of hydrogen-bond donors (Lipinski definition) is 1. The van der Waals surface area contributed by atoms with E-state index in [1.165, 1.54) is 0 Å². The topological polar surface area (TPSA) is 71.3 Å². The van der Waals surface area contributed by atoms with E-state index >= 15 is 0 Å². The van der Waals surface area contributed by atoms with E-state index in [0.29, 0.717) is 30.9 Å². The third kappa shape index (κ3) is 4.98. The Labute approximate surface area is 113 Å². The number of rotatable bonds is 7. The number of carbonyl (C=O) groups excluding carboxylic acids is 1. The van der Waals surface area contributed by atoms with Crippen molar-refractivity contribution in [1.82, 2.24) is 20.4 Å². The number of nitrogens with one attached hydrogen (secondary N) is 1. The minimum absolute atomic E-state index is 0.0620. The molecule has 0 spiro atoms. The number of amides is 1. The van der Waals surface area contributed by atoms with Gasteiger partial charge in [-0.1, -0.05) is 19.0 Å². The molecule has 1 heterocycles. The molecule has 1 aliphatic rings. The molecule has 1 aromatic rings. The summed E-state index contributed by atoms with van der Waals surface area (Å²) in [5.74, 6) is 1.87. The van der Waals surface area contributed by atoms with Crippen molar-refractivity contribution in [1.29, 1.82) is 0 Å². The van der Waals surface area contributed by atoms with E-state index in [-0.39, 0.29) is 5.91 Å². The largest absolute Gasteiger partial charge is 0.352 e. The van der Waals surface area contributed by atoms with Crippen LogP contribution in [0.3, 0.4) is 0 Å². The number of nitrogens with zero attached hydrogens (tertiary/aromatic N) is 3. The van der Waals surface area contributed by atoms with Crippen LogP contribution in [0.25, 0.3) is 0 Å². The number of aromatic nitrogens is 2. The Morgan fingerprint density at radius 2 is 2.26 bits per heavy atom. The Morgan fingerprint density at radius 3 is 2.89 bits per heavy atom. The van der Waals surface area contributed by atoms with E-state index in [1.54, 1.807) is 0 Å². The lowest BCUT2D eigenvalue weighted by atomic mass is 10.1. The van der Waals surface area contributed by atoms with Gasteiger partial charge in [0.05, 0.1) is 13.1 Å². The van der Waals surface area contributed by atoms with Crippen LogP contribution in [0.5, 0.6) is 0 Å². The fraction of sp³-hybridized carbons (Fsp3) is 0.769. The van der Waals surface area contributed by atoms with Crippen molar-refractivity contribution in [2.45, 2.75) is 45.7 Å². The summed E-state index contributed by atoms with van der Waals surface area (Å²) in [6.07, 6.45) is 3.03. The Balaban J connectivity index is 1.75. The van der Waals surface area contributed by atoms with Crippen molar-refractivity contribution in [2.75, 3.05) is 13.6 Å². The smallest absolute Gasteiger partial charge is 0.240 e. The first-order valence-electron chi connectivity index (χ1n) is 6.82. The van der Waals surface area contributed by atoms with Gasteiger partial charge in [-0.05, 0) is 25.8 Å². The second kappa shape index (κ2) is 6.14. The van der Waals surface area contributed by atoms with Crippen LogP contribution in [0.4, 0.5) is 0 Å². The lowest BCUT2D eigenvalue weighted by molar-refractivity contribution is -0.122. The Bertz CT molecular complexity index is 426. The maximum Gasteiger partial charge on any atom is 0.240 e. The van der Waals surface area contributed by atoms with Crippen LogP contribution < -0.4 is 5.32 Å². The van der Waals surface area contributed by atoms with Gasteiger partial charge >= 0.3 is 0 Å². The molecule has 0 bridgehead atoms. The predicted molar refractivity (Wildman–Crippen MR) is 70.3 cm³/mol. The maximum atomic E-state index is 11.6. The minimum Gasteiger partial charge on any atom is -0.352 e. The molecule has 106 valence electrons. The van der Waals surface area contributed by atoms with E-state index in [9.17, 15) is 4.79 Å². The quantitative estimate of drug-likeness (QED) is 0.796. The third-order valence-electron chi connectivity index (χ3n) is 2.86. The molecule has 0 radical (unpaired) electrons. The van der Waals surface area contributed by atoms with Crippen LogP contribution in [0.15, 0.2) is 4.52 Å². The molecule has 19 heavy (non-hydrogen) atoms. The van der Waals surface area contributed by atoms with Gasteiger partial charge < -0.3 is 9.84 Å². The molecule has 1 saturated carbocycles. The van der Waals surface area contributed by atoms with Crippen LogP contribution in [-0.2, 0) is 17.8 Å². The molecule has 6 heteroatoms. The molecule has 0 aliphatic heterocycles. The highest BCUT2D eigenvalue weighted by Crippen LogP contribution is 2.18. The van der Waals surface area contributed by atoms with Crippen LogP contribution in [0.1, 0.15) is 38.4 Å². The van der Waals surface area contributed by atoms with Gasteiger partial charge in [-0.25, -0.2) is 0 Å². The molecule has 1 fully saturated rings. The fourth-order valence-corrected chi connectivity index (χ4v) is 1.84. The fourth-order valence-electron chi connectivity index (χ4n) is 1.84. The highest BCUT2D eigenvalue weighted by molar-refractivity contribution is 5.78. The summed E-state index contributed by atoms with van der Waals surface area (Å²) in [6.45, 7) is 5.09. The van der Waals surface area contributed by atoms with Crippen LogP contribution in [0.2, 0.25) is 0 Å². The summed E-state index contributed by atoms with van der Waals surface area (Å²) >= 11 is 0. The standard InChI is InChI=1S/C13H22N4O2/c1-9(2)6-11-15-13(19-16-11)8-17(3)7-12(18)14-10-4-5-10/h9-10H,4-8H2,1-3H3,(H,14,18). The van der Waals surface area contributed by atoms with Crippen molar-refractivity contribution in [2.24, 2.45) is 5.92 Å². The summed E-state index contributed by atoms with van der Waals surface area (Å²) < 4.78 is 5.18. The molecule has 0 aromatic carbocycles. The van der Waals surface area contributed by atoms with Gasteiger partial charge in [0, 0.05) is 12.5 Å². The first-order chi connectivity index (χ1) is 9.02. The minimum atomic E-state index is 0.0620. The molecule has 0 unspecified atom stereocenters. The predicted octanol–water partition coefficient (Wildman–Crippen LogP) is 0.978. The average Bonchev–Trinajstić information content (AvgIpc) is 2.98. The van der Waals surface area contributed by atoms with Gasteiger partial charge in [-0.15, -0.1) is 0 Å². The van der Waals surface area contributed by atoms with E-state index in [1.807, 2.05) is 11.9 Å². The van der Waals surface area contributed by atoms with Crippen molar-refractivity contribution in [3.63, 3.8) is 0 Å². The molecule has 1 N–H and O–H groups in total. The van der Waals surface area contributed by atoms with Crippen LogP contribution >= 0.6 is 0 Å². The normalized spacial score (nSPS) is 15.2. The zero-order valence-corrected chi connectivity index (χ0v) is 11.8. The maximum absolute atomic E-state index is 11.6. The van der Waals surface area contributed by atoms with Gasteiger partial charge in [0.25, 0.3) is 0 Å². The van der Waals surface area contributed by atoms with E-state index < -0.39 is 0 Å². The molecule has 1 amide bonds. The zero-order valence-electron chi connectivity index (χ0n) is 11.8. The van der Waals surface area contributed by atoms with Gasteiger partial charge in [0.2, 0.25) is 11.8 Å². The highest BCUT2D eigenvalue weighted by atomic mass is 16.5. The molecule has 6 nitrogen and oxygen atoms in total. The summed E-state index contributed by atoms with van der Waals surface area (Å²) in [5.41, 5.74) is 0. The van der Waals surface area contributed by atoms with Gasteiger partial charge in [0.1, 0.15) is 0 Å². The molecular formula is C13H22N4O2. The molecule has 1 aliphatic carbocycles. The van der Waals surface area contributed by atoms with Gasteiger partial charge in [0.15, 0.2) is 5.82 Å². The van der Waals surface area contributed by atoms with Crippen molar-refractivity contribution < 1.29 is 9.32 Å². The molecule has 0 atom stereocenters. The number of hydrogen-bond acceptors (Lipinski definition) is 5. The van der Waals surface area contributed by atoms with Crippen LogP contribution in [-0.4, -0.2) is 40.6 Å². The summed E-state index contributed by atoms with van der Waals surface area (Å²) in [5, 5.41) is 6.89. The monoisotopic (exact) mass is 266 g/mol. The Hall–Kier alpha value is -1.43. The highest BCUT2D eigenvalue weighted by Gasteiger charge is 2.23.